The summed E-state index contributed by atoms with van der Waals surface area (Å²) in [6.45, 7) is 8.86. The molecule has 3 rings (SSSR count). The van der Waals surface area contributed by atoms with E-state index in [1.807, 2.05) is 25.7 Å². The summed E-state index contributed by atoms with van der Waals surface area (Å²) in [5.41, 5.74) is 1.63. The predicted octanol–water partition coefficient (Wildman–Crippen LogP) is 1.24. The Morgan fingerprint density at radius 3 is 2.26 bits per heavy atom. The van der Waals surface area contributed by atoms with Crippen LogP contribution in [0.1, 0.15) is 40.3 Å². The molecule has 126 valence electrons. The molecule has 2 aliphatic rings. The Morgan fingerprint density at radius 1 is 1.09 bits per heavy atom. The molecule has 0 spiro atoms. The lowest BCUT2D eigenvalue weighted by molar-refractivity contribution is -0.122. The third-order valence-electron chi connectivity index (χ3n) is 4.74. The van der Waals surface area contributed by atoms with Gasteiger partial charge in [-0.05, 0) is 33.6 Å². The van der Waals surface area contributed by atoms with Crippen LogP contribution >= 0.6 is 0 Å². The lowest BCUT2D eigenvalue weighted by Gasteiger charge is -2.34. The first-order valence-corrected chi connectivity index (χ1v) is 8.33. The Hall–Kier alpha value is -1.82. The number of amides is 2. The molecular weight excluding hydrogens is 294 g/mol. The first kappa shape index (κ1) is 16.1. The zero-order valence-electron chi connectivity index (χ0n) is 14.1. The molecular formula is C17H25N3O3. The maximum absolute atomic E-state index is 12.7. The van der Waals surface area contributed by atoms with Crippen molar-refractivity contribution in [1.29, 1.82) is 0 Å². The zero-order chi connectivity index (χ0) is 16.6. The molecule has 0 radical (unpaired) electrons. The van der Waals surface area contributed by atoms with Crippen molar-refractivity contribution in [2.24, 2.45) is 0 Å². The number of carbonyl (C=O) groups excluding carboxylic acids is 2. The number of nitrogens with one attached hydrogen (secondary N) is 1. The molecule has 6 heteroatoms. The van der Waals surface area contributed by atoms with Crippen molar-refractivity contribution in [3.63, 3.8) is 0 Å². The fourth-order valence-corrected chi connectivity index (χ4v) is 3.08. The third kappa shape index (κ3) is 3.58. The topological polar surface area (TPSA) is 65.8 Å². The summed E-state index contributed by atoms with van der Waals surface area (Å²) in [4.78, 5) is 28.5. The first-order chi connectivity index (χ1) is 11.0. The van der Waals surface area contributed by atoms with Gasteiger partial charge in [-0.25, -0.2) is 0 Å². The molecule has 23 heavy (non-hydrogen) atoms. The molecule has 0 atom stereocenters. The number of nitrogens with zero attached hydrogens (tertiary/aromatic N) is 2. The second-order valence-corrected chi connectivity index (χ2v) is 6.62. The van der Waals surface area contributed by atoms with Gasteiger partial charge in [-0.15, -0.1) is 0 Å². The first-order valence-electron chi connectivity index (χ1n) is 8.33. The van der Waals surface area contributed by atoms with Gasteiger partial charge in [-0.3, -0.25) is 14.5 Å². The molecule has 1 saturated heterocycles. The second-order valence-electron chi connectivity index (χ2n) is 6.62. The average molecular weight is 319 g/mol. The van der Waals surface area contributed by atoms with E-state index in [1.165, 1.54) is 0 Å². The van der Waals surface area contributed by atoms with Crippen LogP contribution in [0.2, 0.25) is 0 Å². The quantitative estimate of drug-likeness (QED) is 0.907. The molecule has 0 aromatic carbocycles. The molecule has 1 aliphatic heterocycles. The Labute approximate surface area is 136 Å². The molecule has 2 amide bonds. The van der Waals surface area contributed by atoms with Crippen molar-refractivity contribution in [1.82, 2.24) is 15.1 Å². The van der Waals surface area contributed by atoms with Gasteiger partial charge in [0, 0.05) is 37.8 Å². The van der Waals surface area contributed by atoms with E-state index in [9.17, 15) is 9.59 Å². The van der Waals surface area contributed by atoms with Gasteiger partial charge in [0.2, 0.25) is 5.91 Å². The van der Waals surface area contributed by atoms with Crippen LogP contribution in [0.3, 0.4) is 0 Å². The Balaban J connectivity index is 1.53. The number of piperazine rings is 1. The maximum Gasteiger partial charge on any atom is 0.257 e. The van der Waals surface area contributed by atoms with Crippen LogP contribution in [0.25, 0.3) is 0 Å². The van der Waals surface area contributed by atoms with E-state index in [0.717, 1.165) is 37.3 Å². The summed E-state index contributed by atoms with van der Waals surface area (Å²) < 4.78 is 5.56. The number of hydrogen-bond acceptors (Lipinski definition) is 4. The Bertz CT molecular complexity index is 611. The summed E-state index contributed by atoms with van der Waals surface area (Å²) in [7, 11) is 0. The minimum Gasteiger partial charge on any atom is -0.466 e. The third-order valence-corrected chi connectivity index (χ3v) is 4.74. The molecule has 0 bridgehead atoms. The van der Waals surface area contributed by atoms with Gasteiger partial charge in [-0.1, -0.05) is 0 Å². The molecule has 1 N–H and O–H groups in total. The van der Waals surface area contributed by atoms with Crippen LogP contribution in [0.4, 0.5) is 0 Å². The lowest BCUT2D eigenvalue weighted by atomic mass is 10.1. The van der Waals surface area contributed by atoms with Crippen molar-refractivity contribution < 1.29 is 14.0 Å². The van der Waals surface area contributed by atoms with Gasteiger partial charge < -0.3 is 14.6 Å². The van der Waals surface area contributed by atoms with Gasteiger partial charge in [0.15, 0.2) is 0 Å². The highest BCUT2D eigenvalue weighted by atomic mass is 16.3. The summed E-state index contributed by atoms with van der Waals surface area (Å²) in [5, 5.41) is 3.01. The van der Waals surface area contributed by atoms with Crippen molar-refractivity contribution >= 4 is 11.8 Å². The Morgan fingerprint density at radius 2 is 1.74 bits per heavy atom. The minimum atomic E-state index is 0.0407. The minimum absolute atomic E-state index is 0.0407. The van der Waals surface area contributed by atoms with Gasteiger partial charge in [0.25, 0.3) is 5.91 Å². The Kier molecular flexibility index (Phi) is 4.43. The van der Waals surface area contributed by atoms with Crippen LogP contribution in [0.15, 0.2) is 4.42 Å². The molecule has 2 fully saturated rings. The molecule has 2 heterocycles. The van der Waals surface area contributed by atoms with E-state index in [2.05, 4.69) is 10.2 Å². The number of furan rings is 1. The second kappa shape index (κ2) is 6.35. The van der Waals surface area contributed by atoms with E-state index < -0.39 is 0 Å². The highest BCUT2D eigenvalue weighted by molar-refractivity contribution is 5.97. The van der Waals surface area contributed by atoms with E-state index >= 15 is 0 Å². The zero-order valence-corrected chi connectivity index (χ0v) is 14.1. The predicted molar refractivity (Wildman–Crippen MR) is 86.4 cm³/mol. The van der Waals surface area contributed by atoms with Crippen molar-refractivity contribution in [3.05, 3.63) is 22.6 Å². The van der Waals surface area contributed by atoms with Crippen molar-refractivity contribution in [2.75, 3.05) is 32.7 Å². The molecule has 1 aliphatic carbocycles. The van der Waals surface area contributed by atoms with E-state index in [1.54, 1.807) is 0 Å². The highest BCUT2D eigenvalue weighted by Gasteiger charge is 2.28. The van der Waals surface area contributed by atoms with Crippen LogP contribution < -0.4 is 5.32 Å². The van der Waals surface area contributed by atoms with E-state index in [0.29, 0.717) is 37.0 Å². The van der Waals surface area contributed by atoms with Crippen molar-refractivity contribution in [2.45, 2.75) is 39.7 Å². The summed E-state index contributed by atoms with van der Waals surface area (Å²) in [5.74, 6) is 1.64. The van der Waals surface area contributed by atoms with Gasteiger partial charge in [-0.2, -0.15) is 0 Å². The van der Waals surface area contributed by atoms with Crippen LogP contribution in [0.5, 0.6) is 0 Å². The molecule has 0 unspecified atom stereocenters. The normalized spacial score (nSPS) is 19.0. The largest absolute Gasteiger partial charge is 0.466 e. The smallest absolute Gasteiger partial charge is 0.257 e. The summed E-state index contributed by atoms with van der Waals surface area (Å²) in [6, 6.07) is 0.403. The SMILES string of the molecule is Cc1oc(C)c(C(=O)N2CCN(CC(=O)NC3CC3)CC2)c1C. The summed E-state index contributed by atoms with van der Waals surface area (Å²) >= 11 is 0. The number of hydrogen-bond donors (Lipinski definition) is 1. The molecule has 1 aromatic heterocycles. The number of carbonyl (C=O) groups is 2. The summed E-state index contributed by atoms with van der Waals surface area (Å²) in [6.07, 6.45) is 2.22. The van der Waals surface area contributed by atoms with Gasteiger partial charge in [0.05, 0.1) is 12.1 Å². The maximum atomic E-state index is 12.7. The number of rotatable bonds is 4. The number of aryl methyl sites for hydroxylation is 2. The van der Waals surface area contributed by atoms with E-state index in [4.69, 9.17) is 4.42 Å². The lowest BCUT2D eigenvalue weighted by Crippen LogP contribution is -2.51. The fraction of sp³-hybridized carbons (Fsp3) is 0.647. The fourth-order valence-electron chi connectivity index (χ4n) is 3.08. The monoisotopic (exact) mass is 319 g/mol. The molecule has 1 saturated carbocycles. The average Bonchev–Trinajstić information content (AvgIpc) is 3.27. The highest BCUT2D eigenvalue weighted by Crippen LogP contribution is 2.23. The van der Waals surface area contributed by atoms with Gasteiger partial charge in [0.1, 0.15) is 11.5 Å². The van der Waals surface area contributed by atoms with Crippen LogP contribution in [-0.4, -0.2) is 60.4 Å². The van der Waals surface area contributed by atoms with Crippen LogP contribution in [0, 0.1) is 20.8 Å². The van der Waals surface area contributed by atoms with E-state index in [-0.39, 0.29) is 11.8 Å². The van der Waals surface area contributed by atoms with Crippen molar-refractivity contribution in [3.8, 4) is 0 Å². The van der Waals surface area contributed by atoms with Crippen LogP contribution in [-0.2, 0) is 4.79 Å². The molecule has 1 aromatic rings. The molecule has 6 nitrogen and oxygen atoms in total. The van der Waals surface area contributed by atoms with Gasteiger partial charge >= 0.3 is 0 Å². The standard InChI is InChI=1S/C17H25N3O3/c1-11-12(2)23-13(3)16(11)17(22)20-8-6-19(7-9-20)10-15(21)18-14-4-5-14/h14H,4-10H2,1-3H3,(H,18,21).